The van der Waals surface area contributed by atoms with Crippen LogP contribution in [0, 0.1) is 0 Å². The standard InChI is InChI=1S/C14H23BN2O3/c1-13(2)14(3,4)20-15(19-13)11-9-16-12(17-11)10-7-5-6-8-18-10/h9-10,12H,5-8H2,1-4H3/t10-,12-/m0/s1. The molecule has 0 unspecified atom stereocenters. The topological polar surface area (TPSA) is 52.4 Å². The molecule has 20 heavy (non-hydrogen) atoms. The zero-order valence-corrected chi connectivity index (χ0v) is 12.8. The summed E-state index contributed by atoms with van der Waals surface area (Å²) in [5.41, 5.74) is 0.101. The number of nitrogens with zero attached hydrogens (tertiary/aromatic N) is 2. The van der Waals surface area contributed by atoms with Crippen LogP contribution < -0.4 is 0 Å². The number of rotatable bonds is 2. The lowest BCUT2D eigenvalue weighted by atomic mass is 9.83. The second kappa shape index (κ2) is 4.93. The highest BCUT2D eigenvalue weighted by atomic mass is 16.7. The Labute approximate surface area is 120 Å². The Balaban J connectivity index is 1.69. The zero-order chi connectivity index (χ0) is 14.4. The van der Waals surface area contributed by atoms with Gasteiger partial charge in [-0.1, -0.05) is 0 Å². The third-order valence-electron chi connectivity index (χ3n) is 4.68. The van der Waals surface area contributed by atoms with Gasteiger partial charge in [-0.25, -0.2) is 0 Å². The van der Waals surface area contributed by atoms with Crippen molar-refractivity contribution >= 4 is 18.9 Å². The molecule has 110 valence electrons. The predicted molar refractivity (Wildman–Crippen MR) is 79.4 cm³/mol. The SMILES string of the molecule is CC1(C)OB(C2=N[C@@H]([C@@H]3CCCCO3)N=C2)OC1(C)C. The molecule has 0 aliphatic carbocycles. The first-order valence-corrected chi connectivity index (χ1v) is 7.47. The van der Waals surface area contributed by atoms with E-state index in [9.17, 15) is 0 Å². The molecule has 6 heteroatoms. The van der Waals surface area contributed by atoms with Gasteiger partial charge in [-0.2, -0.15) is 0 Å². The van der Waals surface area contributed by atoms with Crippen molar-refractivity contribution in [1.82, 2.24) is 0 Å². The van der Waals surface area contributed by atoms with E-state index < -0.39 is 7.12 Å². The summed E-state index contributed by atoms with van der Waals surface area (Å²) >= 11 is 0. The molecule has 0 aromatic rings. The Morgan fingerprint density at radius 2 is 1.85 bits per heavy atom. The van der Waals surface area contributed by atoms with E-state index in [1.807, 2.05) is 27.7 Å². The van der Waals surface area contributed by atoms with E-state index in [4.69, 9.17) is 14.0 Å². The molecule has 5 nitrogen and oxygen atoms in total. The van der Waals surface area contributed by atoms with Crippen molar-refractivity contribution in [3.63, 3.8) is 0 Å². The van der Waals surface area contributed by atoms with Gasteiger partial charge in [0.15, 0.2) is 6.17 Å². The van der Waals surface area contributed by atoms with Crippen molar-refractivity contribution in [2.45, 2.75) is 70.4 Å². The van der Waals surface area contributed by atoms with Gasteiger partial charge in [-0.05, 0) is 47.0 Å². The maximum atomic E-state index is 6.00. The molecule has 2 atom stereocenters. The summed E-state index contributed by atoms with van der Waals surface area (Å²) in [6.07, 6.45) is 5.13. The van der Waals surface area contributed by atoms with Crippen LogP contribution in [-0.4, -0.2) is 49.0 Å². The largest absolute Gasteiger partial charge is 0.515 e. The lowest BCUT2D eigenvalue weighted by Crippen LogP contribution is -2.41. The third-order valence-corrected chi connectivity index (χ3v) is 4.68. The Morgan fingerprint density at radius 3 is 2.45 bits per heavy atom. The molecule has 0 spiro atoms. The van der Waals surface area contributed by atoms with Crippen LogP contribution >= 0.6 is 0 Å². The van der Waals surface area contributed by atoms with Crippen LogP contribution in [-0.2, 0) is 14.0 Å². The number of hydrogen-bond acceptors (Lipinski definition) is 5. The first-order valence-electron chi connectivity index (χ1n) is 7.47. The smallest absolute Gasteiger partial charge is 0.398 e. The predicted octanol–water partition coefficient (Wildman–Crippen LogP) is 2.04. The van der Waals surface area contributed by atoms with Crippen LogP contribution in [0.2, 0.25) is 0 Å². The van der Waals surface area contributed by atoms with Crippen LogP contribution in [0.4, 0.5) is 0 Å². The van der Waals surface area contributed by atoms with Crippen molar-refractivity contribution in [3.05, 3.63) is 0 Å². The molecular formula is C14H23BN2O3. The maximum Gasteiger partial charge on any atom is 0.515 e. The van der Waals surface area contributed by atoms with Gasteiger partial charge in [0, 0.05) is 12.8 Å². The van der Waals surface area contributed by atoms with Gasteiger partial charge in [0.25, 0.3) is 0 Å². The number of ether oxygens (including phenoxy) is 1. The molecule has 2 saturated heterocycles. The second-order valence-electron chi connectivity index (χ2n) is 6.74. The molecule has 3 heterocycles. The Hall–Kier alpha value is -0.715. The van der Waals surface area contributed by atoms with Crippen molar-refractivity contribution < 1.29 is 14.0 Å². The van der Waals surface area contributed by atoms with Gasteiger partial charge >= 0.3 is 7.12 Å². The third kappa shape index (κ3) is 2.45. The van der Waals surface area contributed by atoms with Crippen molar-refractivity contribution in [3.8, 4) is 0 Å². The van der Waals surface area contributed by atoms with Crippen molar-refractivity contribution in [2.75, 3.05) is 6.61 Å². The fourth-order valence-electron chi connectivity index (χ4n) is 2.64. The Kier molecular flexibility index (Phi) is 3.51. The molecule has 3 rings (SSSR count). The summed E-state index contributed by atoms with van der Waals surface area (Å²) in [5, 5.41) is 0. The van der Waals surface area contributed by atoms with E-state index >= 15 is 0 Å². The normalized spacial score (nSPS) is 35.4. The molecular weight excluding hydrogens is 255 g/mol. The highest BCUT2D eigenvalue weighted by Crippen LogP contribution is 2.37. The minimum atomic E-state index is -0.419. The summed E-state index contributed by atoms with van der Waals surface area (Å²) in [6.45, 7) is 8.99. The van der Waals surface area contributed by atoms with Gasteiger partial charge in [0.2, 0.25) is 0 Å². The summed E-state index contributed by atoms with van der Waals surface area (Å²) in [6, 6.07) is 0. The second-order valence-corrected chi connectivity index (χ2v) is 6.74. The molecule has 2 fully saturated rings. The van der Waals surface area contributed by atoms with Gasteiger partial charge in [-0.15, -0.1) is 0 Å². The molecule has 0 aromatic carbocycles. The summed E-state index contributed by atoms with van der Waals surface area (Å²) in [5.74, 6) is 0. The van der Waals surface area contributed by atoms with E-state index in [1.165, 1.54) is 6.42 Å². The lowest BCUT2D eigenvalue weighted by molar-refractivity contribution is 0.00340. The minimum Gasteiger partial charge on any atom is -0.398 e. The highest BCUT2D eigenvalue weighted by Gasteiger charge is 2.53. The molecule has 3 aliphatic heterocycles. The van der Waals surface area contributed by atoms with E-state index in [2.05, 4.69) is 9.98 Å². The minimum absolute atomic E-state index is 0.111. The van der Waals surface area contributed by atoms with Crippen LogP contribution in [0.3, 0.4) is 0 Å². The lowest BCUT2D eigenvalue weighted by Gasteiger charge is -2.32. The molecule has 0 N–H and O–H groups in total. The van der Waals surface area contributed by atoms with Gasteiger partial charge in [0.1, 0.15) is 0 Å². The summed E-state index contributed by atoms with van der Waals surface area (Å²) in [7, 11) is -0.419. The molecule has 0 aromatic heterocycles. The van der Waals surface area contributed by atoms with E-state index in [1.54, 1.807) is 6.21 Å². The molecule has 0 bridgehead atoms. The van der Waals surface area contributed by atoms with Crippen LogP contribution in [0.15, 0.2) is 9.98 Å². The van der Waals surface area contributed by atoms with Crippen LogP contribution in [0.25, 0.3) is 0 Å². The van der Waals surface area contributed by atoms with Crippen LogP contribution in [0.1, 0.15) is 47.0 Å². The Bertz CT molecular complexity index is 426. The summed E-state index contributed by atoms with van der Waals surface area (Å²) in [4.78, 5) is 9.11. The fraction of sp³-hybridized carbons (Fsp3) is 0.857. The highest BCUT2D eigenvalue weighted by molar-refractivity contribution is 6.93. The Morgan fingerprint density at radius 1 is 1.15 bits per heavy atom. The van der Waals surface area contributed by atoms with Gasteiger partial charge in [-0.3, -0.25) is 9.98 Å². The van der Waals surface area contributed by atoms with E-state index in [0.29, 0.717) is 0 Å². The van der Waals surface area contributed by atoms with E-state index in [0.717, 1.165) is 25.1 Å². The molecule has 0 amide bonds. The van der Waals surface area contributed by atoms with Crippen molar-refractivity contribution in [1.29, 1.82) is 0 Å². The first kappa shape index (κ1) is 14.2. The maximum absolute atomic E-state index is 6.00. The van der Waals surface area contributed by atoms with Crippen LogP contribution in [0.5, 0.6) is 0 Å². The fourth-order valence-corrected chi connectivity index (χ4v) is 2.64. The number of aliphatic imine (C=N–C) groups is 2. The average Bonchev–Trinajstić information content (AvgIpc) is 2.94. The zero-order valence-electron chi connectivity index (χ0n) is 12.8. The molecule has 0 saturated carbocycles. The summed E-state index contributed by atoms with van der Waals surface area (Å²) < 4.78 is 17.7. The molecule has 0 radical (unpaired) electrons. The number of hydrogen-bond donors (Lipinski definition) is 0. The van der Waals surface area contributed by atoms with E-state index in [-0.39, 0.29) is 23.5 Å². The monoisotopic (exact) mass is 278 g/mol. The average molecular weight is 278 g/mol. The quantitative estimate of drug-likeness (QED) is 0.726. The van der Waals surface area contributed by atoms with Crippen molar-refractivity contribution in [2.24, 2.45) is 9.98 Å². The molecule has 3 aliphatic rings. The van der Waals surface area contributed by atoms with Gasteiger partial charge in [0.05, 0.1) is 22.9 Å². The van der Waals surface area contributed by atoms with Gasteiger partial charge < -0.3 is 14.0 Å². The first-order chi connectivity index (χ1) is 9.39.